The fourth-order valence-electron chi connectivity index (χ4n) is 3.64. The predicted octanol–water partition coefficient (Wildman–Crippen LogP) is 3.36. The number of amides is 1. The highest BCUT2D eigenvalue weighted by molar-refractivity contribution is 5.80. The summed E-state index contributed by atoms with van der Waals surface area (Å²) in [6, 6.07) is 12.1. The van der Waals surface area contributed by atoms with Crippen LogP contribution in [-0.2, 0) is 11.2 Å². The van der Waals surface area contributed by atoms with Gasteiger partial charge in [-0.3, -0.25) is 4.79 Å². The SMILES string of the molecule is CCc1nccc(-c2c(-c3ccccc3)ncn2C2CC(=O)N(CC)C2)n1. The first kappa shape index (κ1) is 17.4. The maximum Gasteiger partial charge on any atom is 0.224 e. The zero-order valence-electron chi connectivity index (χ0n) is 15.7. The number of carbonyl (C=O) groups excluding carboxylic acids is 1. The van der Waals surface area contributed by atoms with Crippen molar-refractivity contribution < 1.29 is 4.79 Å². The van der Waals surface area contributed by atoms with Crippen molar-refractivity contribution in [2.45, 2.75) is 32.7 Å². The van der Waals surface area contributed by atoms with Crippen LogP contribution in [0.2, 0.25) is 0 Å². The summed E-state index contributed by atoms with van der Waals surface area (Å²) in [6.07, 6.45) is 4.92. The van der Waals surface area contributed by atoms with Crippen molar-refractivity contribution in [1.82, 2.24) is 24.4 Å². The van der Waals surface area contributed by atoms with E-state index in [9.17, 15) is 4.79 Å². The number of aromatic nitrogens is 4. The van der Waals surface area contributed by atoms with Crippen LogP contribution in [0.15, 0.2) is 48.9 Å². The van der Waals surface area contributed by atoms with Gasteiger partial charge in [-0.15, -0.1) is 0 Å². The largest absolute Gasteiger partial charge is 0.341 e. The molecule has 1 fully saturated rings. The van der Waals surface area contributed by atoms with Crippen LogP contribution < -0.4 is 0 Å². The number of imidazole rings is 1. The molecule has 6 heteroatoms. The van der Waals surface area contributed by atoms with Gasteiger partial charge >= 0.3 is 0 Å². The Morgan fingerprint density at radius 1 is 1.11 bits per heavy atom. The fraction of sp³-hybridized carbons (Fsp3) is 0.333. The van der Waals surface area contributed by atoms with Crippen molar-refractivity contribution in [2.75, 3.05) is 13.1 Å². The molecule has 0 N–H and O–H groups in total. The number of nitrogens with zero attached hydrogens (tertiary/aromatic N) is 5. The molecule has 3 heterocycles. The maximum atomic E-state index is 12.3. The summed E-state index contributed by atoms with van der Waals surface area (Å²) in [7, 11) is 0. The Morgan fingerprint density at radius 3 is 2.63 bits per heavy atom. The zero-order chi connectivity index (χ0) is 18.8. The Bertz CT molecular complexity index is 950. The van der Waals surface area contributed by atoms with E-state index in [0.29, 0.717) is 13.0 Å². The average molecular weight is 361 g/mol. The lowest BCUT2D eigenvalue weighted by atomic mass is 10.1. The molecule has 1 saturated heterocycles. The molecule has 2 aromatic heterocycles. The molecule has 1 aliphatic rings. The lowest BCUT2D eigenvalue weighted by Crippen LogP contribution is -2.24. The van der Waals surface area contributed by atoms with Crippen LogP contribution in [0.1, 0.15) is 32.1 Å². The summed E-state index contributed by atoms with van der Waals surface area (Å²) in [5, 5.41) is 0. The minimum atomic E-state index is 0.0671. The molecule has 27 heavy (non-hydrogen) atoms. The van der Waals surface area contributed by atoms with Gasteiger partial charge in [0.1, 0.15) is 5.82 Å². The van der Waals surface area contributed by atoms with Gasteiger partial charge in [0.15, 0.2) is 0 Å². The van der Waals surface area contributed by atoms with E-state index < -0.39 is 0 Å². The van der Waals surface area contributed by atoms with Gasteiger partial charge in [-0.05, 0) is 13.0 Å². The number of hydrogen-bond donors (Lipinski definition) is 0. The second-order valence-electron chi connectivity index (χ2n) is 6.72. The van der Waals surface area contributed by atoms with Crippen LogP contribution in [0.5, 0.6) is 0 Å². The molecule has 0 aliphatic carbocycles. The molecule has 0 bridgehead atoms. The van der Waals surface area contributed by atoms with Crippen LogP contribution in [0.3, 0.4) is 0 Å². The Labute approximate surface area is 158 Å². The maximum absolute atomic E-state index is 12.3. The molecule has 4 rings (SSSR count). The van der Waals surface area contributed by atoms with Crippen molar-refractivity contribution in [3.05, 3.63) is 54.7 Å². The minimum Gasteiger partial charge on any atom is -0.341 e. The van der Waals surface area contributed by atoms with Crippen molar-refractivity contribution in [2.24, 2.45) is 0 Å². The second-order valence-corrected chi connectivity index (χ2v) is 6.72. The van der Waals surface area contributed by atoms with E-state index in [4.69, 9.17) is 9.97 Å². The number of aryl methyl sites for hydroxylation is 1. The summed E-state index contributed by atoms with van der Waals surface area (Å²) >= 11 is 0. The highest BCUT2D eigenvalue weighted by Crippen LogP contribution is 2.35. The second kappa shape index (κ2) is 7.31. The van der Waals surface area contributed by atoms with Crippen LogP contribution in [0, 0.1) is 0 Å². The zero-order valence-corrected chi connectivity index (χ0v) is 15.7. The highest BCUT2D eigenvalue weighted by atomic mass is 16.2. The smallest absolute Gasteiger partial charge is 0.224 e. The summed E-state index contributed by atoms with van der Waals surface area (Å²) < 4.78 is 2.12. The minimum absolute atomic E-state index is 0.0671. The molecular weight excluding hydrogens is 338 g/mol. The standard InChI is InChI=1S/C21H23N5O/c1-3-18-22-11-10-17(24-18)21-20(15-8-6-5-7-9-15)23-14-26(21)16-12-19(27)25(4-2)13-16/h5-11,14,16H,3-4,12-13H2,1-2H3. The fourth-order valence-corrected chi connectivity index (χ4v) is 3.64. The Morgan fingerprint density at radius 2 is 1.93 bits per heavy atom. The molecule has 3 aromatic rings. The van der Waals surface area contributed by atoms with Gasteiger partial charge in [0, 0.05) is 37.7 Å². The third kappa shape index (κ3) is 3.23. The first-order valence-corrected chi connectivity index (χ1v) is 9.43. The molecule has 1 aromatic carbocycles. The Kier molecular flexibility index (Phi) is 4.71. The first-order chi connectivity index (χ1) is 13.2. The van der Waals surface area contributed by atoms with Crippen LogP contribution >= 0.6 is 0 Å². The van der Waals surface area contributed by atoms with Gasteiger partial charge in [0.25, 0.3) is 0 Å². The first-order valence-electron chi connectivity index (χ1n) is 9.43. The molecule has 1 unspecified atom stereocenters. The molecule has 1 atom stereocenters. The van der Waals surface area contributed by atoms with E-state index in [-0.39, 0.29) is 11.9 Å². The number of rotatable bonds is 5. The van der Waals surface area contributed by atoms with Crippen molar-refractivity contribution in [3.8, 4) is 22.6 Å². The van der Waals surface area contributed by atoms with Gasteiger partial charge in [-0.1, -0.05) is 37.3 Å². The topological polar surface area (TPSA) is 63.9 Å². The van der Waals surface area contributed by atoms with Gasteiger partial charge in [-0.25, -0.2) is 15.0 Å². The Hall–Kier alpha value is -3.02. The van der Waals surface area contributed by atoms with Crippen molar-refractivity contribution >= 4 is 5.91 Å². The third-order valence-corrected chi connectivity index (χ3v) is 5.07. The van der Waals surface area contributed by atoms with Crippen LogP contribution in [-0.4, -0.2) is 43.4 Å². The van der Waals surface area contributed by atoms with E-state index in [2.05, 4.69) is 21.7 Å². The third-order valence-electron chi connectivity index (χ3n) is 5.07. The molecule has 0 saturated carbocycles. The lowest BCUT2D eigenvalue weighted by molar-refractivity contribution is -0.127. The summed E-state index contributed by atoms with van der Waals surface area (Å²) in [5.74, 6) is 0.997. The van der Waals surface area contributed by atoms with E-state index in [1.54, 1.807) is 6.20 Å². The number of likely N-dealkylation sites (N-methyl/N-ethyl adjacent to an activating group) is 1. The Balaban J connectivity index is 1.85. The molecule has 6 nitrogen and oxygen atoms in total. The van der Waals surface area contributed by atoms with Crippen molar-refractivity contribution in [1.29, 1.82) is 0 Å². The quantitative estimate of drug-likeness (QED) is 0.699. The molecule has 0 spiro atoms. The molecule has 1 amide bonds. The molecule has 1 aliphatic heterocycles. The summed E-state index contributed by atoms with van der Waals surface area (Å²) in [5.41, 5.74) is 3.73. The predicted molar refractivity (Wildman–Crippen MR) is 104 cm³/mol. The van der Waals surface area contributed by atoms with E-state index in [1.807, 2.05) is 49.3 Å². The average Bonchev–Trinajstić information content (AvgIpc) is 3.32. The summed E-state index contributed by atoms with van der Waals surface area (Å²) in [6.45, 7) is 5.50. The summed E-state index contributed by atoms with van der Waals surface area (Å²) in [4.78, 5) is 28.0. The molecular formula is C21H23N5O. The van der Waals surface area contributed by atoms with E-state index >= 15 is 0 Å². The van der Waals surface area contributed by atoms with Gasteiger partial charge in [0.2, 0.25) is 5.91 Å². The van der Waals surface area contributed by atoms with Gasteiger partial charge in [0.05, 0.1) is 29.5 Å². The lowest BCUT2D eigenvalue weighted by Gasteiger charge is -2.17. The highest BCUT2D eigenvalue weighted by Gasteiger charge is 2.32. The number of carbonyl (C=O) groups is 1. The van der Waals surface area contributed by atoms with Gasteiger partial charge in [-0.2, -0.15) is 0 Å². The number of likely N-dealkylation sites (tertiary alicyclic amines) is 1. The number of hydrogen-bond acceptors (Lipinski definition) is 4. The van der Waals surface area contributed by atoms with Crippen molar-refractivity contribution in [3.63, 3.8) is 0 Å². The molecule has 138 valence electrons. The van der Waals surface area contributed by atoms with Gasteiger partial charge < -0.3 is 9.47 Å². The normalized spacial score (nSPS) is 16.9. The van der Waals surface area contributed by atoms with E-state index in [1.165, 1.54) is 0 Å². The molecule has 0 radical (unpaired) electrons. The van der Waals surface area contributed by atoms with Crippen LogP contribution in [0.25, 0.3) is 22.6 Å². The van der Waals surface area contributed by atoms with E-state index in [0.717, 1.165) is 41.4 Å². The monoisotopic (exact) mass is 361 g/mol. The number of benzene rings is 1. The van der Waals surface area contributed by atoms with Crippen LogP contribution in [0.4, 0.5) is 0 Å².